The molecule has 0 saturated heterocycles. The second-order valence-corrected chi connectivity index (χ2v) is 11.1. The lowest BCUT2D eigenvalue weighted by molar-refractivity contribution is -0.140. The van der Waals surface area contributed by atoms with Crippen molar-refractivity contribution < 1.29 is 19.0 Å². The SMILES string of the molecule is COCCOC(=O)C1=C(C)N=c2sc(=Cc3ccc(OCc4ccccc4Cl)cc3)c(=O)n2C1c1ccc(Cl)cc1. The van der Waals surface area contributed by atoms with Crippen molar-refractivity contribution in [3.05, 3.63) is 130 Å². The quantitative estimate of drug-likeness (QED) is 0.190. The maximum atomic E-state index is 13.8. The fraction of sp³-hybridized carbons (Fsp3) is 0.194. The van der Waals surface area contributed by atoms with Gasteiger partial charge in [0.25, 0.3) is 5.56 Å². The molecule has 1 aliphatic heterocycles. The predicted molar refractivity (Wildman–Crippen MR) is 160 cm³/mol. The lowest BCUT2D eigenvalue weighted by Crippen LogP contribution is -2.40. The number of rotatable bonds is 9. The molecule has 1 atom stereocenters. The fourth-order valence-corrected chi connectivity index (χ4v) is 5.79. The van der Waals surface area contributed by atoms with Gasteiger partial charge < -0.3 is 14.2 Å². The molecule has 210 valence electrons. The predicted octanol–water partition coefficient (Wildman–Crippen LogP) is 5.31. The van der Waals surface area contributed by atoms with Gasteiger partial charge in [0.15, 0.2) is 4.80 Å². The molecule has 1 unspecified atom stereocenters. The Kier molecular flexibility index (Phi) is 9.05. The van der Waals surface area contributed by atoms with E-state index in [0.29, 0.717) is 43.0 Å². The molecule has 7 nitrogen and oxygen atoms in total. The molecular weight excluding hydrogens is 583 g/mol. The van der Waals surface area contributed by atoms with Crippen molar-refractivity contribution >= 4 is 46.6 Å². The van der Waals surface area contributed by atoms with E-state index in [0.717, 1.165) is 16.7 Å². The highest BCUT2D eigenvalue weighted by Gasteiger charge is 2.33. The molecule has 4 aromatic rings. The van der Waals surface area contributed by atoms with Gasteiger partial charge in [-0.2, -0.15) is 0 Å². The Morgan fingerprint density at radius 3 is 2.46 bits per heavy atom. The zero-order chi connectivity index (χ0) is 28.9. The normalized spacial score (nSPS) is 14.9. The Bertz CT molecular complexity index is 1780. The highest BCUT2D eigenvalue weighted by Crippen LogP contribution is 2.31. The summed E-state index contributed by atoms with van der Waals surface area (Å²) in [4.78, 5) is 32.1. The minimum absolute atomic E-state index is 0.0853. The summed E-state index contributed by atoms with van der Waals surface area (Å²) in [6, 6.07) is 21.3. The van der Waals surface area contributed by atoms with Crippen molar-refractivity contribution in [1.82, 2.24) is 4.57 Å². The molecule has 0 aliphatic carbocycles. The van der Waals surface area contributed by atoms with Crippen LogP contribution in [-0.4, -0.2) is 30.9 Å². The van der Waals surface area contributed by atoms with Crippen LogP contribution < -0.4 is 19.6 Å². The van der Waals surface area contributed by atoms with Crippen LogP contribution >= 0.6 is 34.5 Å². The Balaban J connectivity index is 1.48. The molecule has 0 fully saturated rings. The van der Waals surface area contributed by atoms with Crippen LogP contribution in [0.25, 0.3) is 6.08 Å². The number of fused-ring (bicyclic) bond motifs is 1. The van der Waals surface area contributed by atoms with E-state index in [1.807, 2.05) is 48.5 Å². The molecule has 41 heavy (non-hydrogen) atoms. The second-order valence-electron chi connectivity index (χ2n) is 9.21. The molecule has 0 saturated carbocycles. The first kappa shape index (κ1) is 28.8. The fourth-order valence-electron chi connectivity index (χ4n) is 4.43. The number of halogens is 2. The van der Waals surface area contributed by atoms with Crippen LogP contribution in [-0.2, 0) is 20.9 Å². The average molecular weight is 610 g/mol. The van der Waals surface area contributed by atoms with Crippen molar-refractivity contribution in [3.8, 4) is 5.75 Å². The first-order valence-electron chi connectivity index (χ1n) is 12.8. The molecule has 10 heteroatoms. The van der Waals surface area contributed by atoms with E-state index in [4.69, 9.17) is 37.4 Å². The van der Waals surface area contributed by atoms with Crippen molar-refractivity contribution in [2.24, 2.45) is 4.99 Å². The van der Waals surface area contributed by atoms with Gasteiger partial charge in [-0.15, -0.1) is 0 Å². The molecule has 1 aromatic heterocycles. The van der Waals surface area contributed by atoms with Crippen LogP contribution in [0.4, 0.5) is 0 Å². The third-order valence-electron chi connectivity index (χ3n) is 6.48. The average Bonchev–Trinajstić information content (AvgIpc) is 3.27. The number of hydrogen-bond acceptors (Lipinski definition) is 7. The van der Waals surface area contributed by atoms with Gasteiger partial charge in [-0.1, -0.05) is 77.0 Å². The number of nitrogens with zero attached hydrogens (tertiary/aromatic N) is 2. The molecule has 0 radical (unpaired) electrons. The third-order valence-corrected chi connectivity index (χ3v) is 8.08. The number of thiazole rings is 1. The van der Waals surface area contributed by atoms with Crippen LogP contribution in [0, 0.1) is 0 Å². The molecule has 0 spiro atoms. The smallest absolute Gasteiger partial charge is 0.338 e. The van der Waals surface area contributed by atoms with Gasteiger partial charge >= 0.3 is 5.97 Å². The van der Waals surface area contributed by atoms with E-state index in [9.17, 15) is 9.59 Å². The zero-order valence-corrected chi connectivity index (χ0v) is 24.6. The highest BCUT2D eigenvalue weighted by molar-refractivity contribution is 7.07. The molecule has 2 heterocycles. The third kappa shape index (κ3) is 6.47. The van der Waals surface area contributed by atoms with Crippen LogP contribution in [0.3, 0.4) is 0 Å². The minimum Gasteiger partial charge on any atom is -0.489 e. The van der Waals surface area contributed by atoms with E-state index in [2.05, 4.69) is 4.99 Å². The van der Waals surface area contributed by atoms with Crippen LogP contribution in [0.2, 0.25) is 10.0 Å². The number of carbonyl (C=O) groups excluding carboxylic acids is 1. The van der Waals surface area contributed by atoms with Gasteiger partial charge in [0, 0.05) is 22.7 Å². The van der Waals surface area contributed by atoms with Crippen molar-refractivity contribution in [3.63, 3.8) is 0 Å². The summed E-state index contributed by atoms with van der Waals surface area (Å²) in [5, 5.41) is 1.20. The van der Waals surface area contributed by atoms with Crippen molar-refractivity contribution in [2.75, 3.05) is 20.3 Å². The summed E-state index contributed by atoms with van der Waals surface area (Å²) in [5.74, 6) is 0.128. The monoisotopic (exact) mass is 608 g/mol. The minimum atomic E-state index is -0.721. The van der Waals surface area contributed by atoms with Gasteiger partial charge in [0.1, 0.15) is 19.0 Å². The standard InChI is InChI=1S/C31H26Cl2N2O5S/c1-19-27(30(37)39-16-15-38-2)28(21-9-11-23(32)12-10-21)35-29(36)26(41-31(35)34-19)17-20-7-13-24(14-8-20)40-18-22-5-3-4-6-25(22)33/h3-14,17,28H,15-16,18H2,1-2H3. The van der Waals surface area contributed by atoms with Gasteiger partial charge in [-0.25, -0.2) is 9.79 Å². The van der Waals surface area contributed by atoms with E-state index >= 15 is 0 Å². The van der Waals surface area contributed by atoms with Crippen molar-refractivity contribution in [1.29, 1.82) is 0 Å². The van der Waals surface area contributed by atoms with Crippen LogP contribution in [0.15, 0.2) is 93.9 Å². The van der Waals surface area contributed by atoms with Crippen LogP contribution in [0.1, 0.15) is 29.7 Å². The second kappa shape index (κ2) is 12.9. The lowest BCUT2D eigenvalue weighted by Gasteiger charge is -2.24. The Labute approximate surface area is 250 Å². The van der Waals surface area contributed by atoms with Gasteiger partial charge in [0.05, 0.1) is 28.5 Å². The number of carbonyl (C=O) groups is 1. The highest BCUT2D eigenvalue weighted by atomic mass is 35.5. The first-order valence-corrected chi connectivity index (χ1v) is 14.3. The number of aromatic nitrogens is 1. The summed E-state index contributed by atoms with van der Waals surface area (Å²) in [6.07, 6.45) is 1.80. The Morgan fingerprint density at radius 1 is 1.02 bits per heavy atom. The summed E-state index contributed by atoms with van der Waals surface area (Å²) in [6.45, 7) is 2.43. The molecular formula is C31H26Cl2N2O5S. The van der Waals surface area contributed by atoms with E-state index in [-0.39, 0.29) is 18.8 Å². The van der Waals surface area contributed by atoms with Crippen LogP contribution in [0.5, 0.6) is 5.75 Å². The first-order chi connectivity index (χ1) is 19.9. The van der Waals surface area contributed by atoms with E-state index in [1.54, 1.807) is 41.8 Å². The molecule has 0 N–H and O–H groups in total. The summed E-state index contributed by atoms with van der Waals surface area (Å²) >= 11 is 13.6. The molecule has 1 aliphatic rings. The maximum absolute atomic E-state index is 13.8. The summed E-state index contributed by atoms with van der Waals surface area (Å²) < 4.78 is 18.4. The summed E-state index contributed by atoms with van der Waals surface area (Å²) in [5.41, 5.74) is 2.95. The molecule has 0 bridgehead atoms. The zero-order valence-electron chi connectivity index (χ0n) is 22.3. The number of hydrogen-bond donors (Lipinski definition) is 0. The topological polar surface area (TPSA) is 79.1 Å². The number of methoxy groups -OCH3 is 1. The van der Waals surface area contributed by atoms with E-state index < -0.39 is 12.0 Å². The van der Waals surface area contributed by atoms with Crippen molar-refractivity contribution in [2.45, 2.75) is 19.6 Å². The van der Waals surface area contributed by atoms with Gasteiger partial charge in [-0.3, -0.25) is 9.36 Å². The van der Waals surface area contributed by atoms with Gasteiger partial charge in [0.2, 0.25) is 0 Å². The Morgan fingerprint density at radius 2 is 1.76 bits per heavy atom. The molecule has 3 aromatic carbocycles. The van der Waals surface area contributed by atoms with E-state index in [1.165, 1.54) is 18.4 Å². The lowest BCUT2D eigenvalue weighted by atomic mass is 9.96. The number of allylic oxidation sites excluding steroid dienone is 1. The largest absolute Gasteiger partial charge is 0.489 e. The molecule has 0 amide bonds. The number of esters is 1. The molecule has 5 rings (SSSR count). The van der Waals surface area contributed by atoms with Gasteiger partial charge in [-0.05, 0) is 54.5 Å². The maximum Gasteiger partial charge on any atom is 0.338 e. The summed E-state index contributed by atoms with van der Waals surface area (Å²) in [7, 11) is 1.53. The number of benzene rings is 3. The number of ether oxygens (including phenoxy) is 3. The Hall–Kier alpha value is -3.69.